The number of hydrogen-bond donors (Lipinski definition) is 1. The fourth-order valence-electron chi connectivity index (χ4n) is 1.28. The van der Waals surface area contributed by atoms with Gasteiger partial charge in [-0.15, -0.1) is 0 Å². The van der Waals surface area contributed by atoms with E-state index < -0.39 is 0 Å². The summed E-state index contributed by atoms with van der Waals surface area (Å²) in [6, 6.07) is 11.5. The minimum atomic E-state index is -0.0475. The Morgan fingerprint density at radius 1 is 1.07 bits per heavy atom. The van der Waals surface area contributed by atoms with Crippen LogP contribution in [0.25, 0.3) is 11.1 Å². The maximum atomic E-state index is 11.4. The van der Waals surface area contributed by atoms with Gasteiger partial charge in [-0.05, 0) is 52.4 Å². The highest BCUT2D eigenvalue weighted by Crippen LogP contribution is 2.15. The molecule has 70 valence electrons. The summed E-state index contributed by atoms with van der Waals surface area (Å²) in [4.78, 5) is 14.1. The van der Waals surface area contributed by atoms with Gasteiger partial charge in [0.05, 0.1) is 0 Å². The van der Waals surface area contributed by atoms with Gasteiger partial charge in [-0.2, -0.15) is 0 Å². The van der Waals surface area contributed by atoms with E-state index in [4.69, 9.17) is 0 Å². The summed E-state index contributed by atoms with van der Waals surface area (Å²) in [6.45, 7) is 0. The van der Waals surface area contributed by atoms with Crippen molar-refractivity contribution in [1.29, 1.82) is 0 Å². The maximum Gasteiger partial charge on any atom is 0.255 e. The van der Waals surface area contributed by atoms with Crippen LogP contribution in [0, 0.1) is 3.57 Å². The van der Waals surface area contributed by atoms with Crippen LogP contribution in [-0.4, -0.2) is 4.98 Å². The van der Waals surface area contributed by atoms with Crippen LogP contribution in [0.15, 0.2) is 47.4 Å². The number of pyridine rings is 1. The second-order valence-corrected chi connectivity index (χ2v) is 4.17. The molecule has 0 aliphatic carbocycles. The van der Waals surface area contributed by atoms with E-state index >= 15 is 0 Å². The normalized spacial score (nSPS) is 10.1. The third-order valence-electron chi connectivity index (χ3n) is 1.97. The van der Waals surface area contributed by atoms with Gasteiger partial charge < -0.3 is 4.98 Å². The fourth-order valence-corrected chi connectivity index (χ4v) is 1.64. The molecule has 0 aliphatic heterocycles. The van der Waals surface area contributed by atoms with Crippen LogP contribution in [0.4, 0.5) is 0 Å². The van der Waals surface area contributed by atoms with Crippen LogP contribution < -0.4 is 5.56 Å². The molecule has 0 radical (unpaired) electrons. The summed E-state index contributed by atoms with van der Waals surface area (Å²) in [6.07, 6.45) is 1.64. The van der Waals surface area contributed by atoms with E-state index in [1.54, 1.807) is 6.20 Å². The lowest BCUT2D eigenvalue weighted by Crippen LogP contribution is -2.06. The van der Waals surface area contributed by atoms with Gasteiger partial charge in [0.15, 0.2) is 0 Å². The van der Waals surface area contributed by atoms with Gasteiger partial charge in [-0.1, -0.05) is 12.1 Å². The Labute approximate surface area is 95.1 Å². The maximum absolute atomic E-state index is 11.4. The fraction of sp³-hybridized carbons (Fsp3) is 0. The molecule has 0 fully saturated rings. The van der Waals surface area contributed by atoms with Crippen LogP contribution in [0.3, 0.4) is 0 Å². The molecule has 3 heteroatoms. The average Bonchev–Trinajstić information content (AvgIpc) is 2.20. The molecule has 1 aromatic heterocycles. The van der Waals surface area contributed by atoms with Crippen molar-refractivity contribution in [2.24, 2.45) is 0 Å². The van der Waals surface area contributed by atoms with Crippen LogP contribution >= 0.6 is 22.6 Å². The molecule has 0 aliphatic rings. The predicted octanol–water partition coefficient (Wildman–Crippen LogP) is 2.65. The molecule has 2 rings (SSSR count). The standard InChI is InChI=1S/C11H8INO/c12-9-5-3-8(4-6-9)10-2-1-7-13-11(10)14/h1-7H,(H,13,14). The Bertz CT molecular complexity index is 487. The lowest BCUT2D eigenvalue weighted by Gasteiger charge is -1.99. The average molecular weight is 297 g/mol. The number of nitrogens with one attached hydrogen (secondary N) is 1. The van der Waals surface area contributed by atoms with Crippen molar-refractivity contribution in [2.45, 2.75) is 0 Å². The quantitative estimate of drug-likeness (QED) is 0.807. The Kier molecular flexibility index (Phi) is 2.67. The summed E-state index contributed by atoms with van der Waals surface area (Å²) in [5, 5.41) is 0. The number of hydrogen-bond acceptors (Lipinski definition) is 1. The van der Waals surface area contributed by atoms with Crippen molar-refractivity contribution >= 4 is 22.6 Å². The van der Waals surface area contributed by atoms with Crippen LogP contribution in [-0.2, 0) is 0 Å². The van der Waals surface area contributed by atoms with Gasteiger partial charge in [0.25, 0.3) is 5.56 Å². The Hall–Kier alpha value is -1.10. The number of benzene rings is 1. The van der Waals surface area contributed by atoms with E-state index in [1.165, 1.54) is 3.57 Å². The molecule has 2 aromatic rings. The van der Waals surface area contributed by atoms with Crippen molar-refractivity contribution < 1.29 is 0 Å². The predicted molar refractivity (Wildman–Crippen MR) is 65.2 cm³/mol. The first-order chi connectivity index (χ1) is 6.77. The van der Waals surface area contributed by atoms with Crippen molar-refractivity contribution in [3.05, 3.63) is 56.5 Å². The highest BCUT2D eigenvalue weighted by molar-refractivity contribution is 14.1. The summed E-state index contributed by atoms with van der Waals surface area (Å²) in [5.41, 5.74) is 1.62. The molecule has 0 saturated carbocycles. The van der Waals surface area contributed by atoms with Gasteiger partial charge >= 0.3 is 0 Å². The Balaban J connectivity index is 2.56. The third-order valence-corrected chi connectivity index (χ3v) is 2.69. The van der Waals surface area contributed by atoms with Crippen LogP contribution in [0.1, 0.15) is 0 Å². The lowest BCUT2D eigenvalue weighted by molar-refractivity contribution is 1.24. The molecule has 0 saturated heterocycles. The molecule has 0 spiro atoms. The minimum Gasteiger partial charge on any atom is -0.329 e. The Morgan fingerprint density at radius 3 is 2.43 bits per heavy atom. The molecule has 0 amide bonds. The Morgan fingerprint density at radius 2 is 1.79 bits per heavy atom. The van der Waals surface area contributed by atoms with Crippen molar-refractivity contribution in [3.63, 3.8) is 0 Å². The summed E-state index contributed by atoms with van der Waals surface area (Å²) >= 11 is 2.24. The first-order valence-electron chi connectivity index (χ1n) is 4.21. The molecule has 14 heavy (non-hydrogen) atoms. The van der Waals surface area contributed by atoms with Crippen molar-refractivity contribution in [3.8, 4) is 11.1 Å². The third kappa shape index (κ3) is 1.87. The van der Waals surface area contributed by atoms with E-state index in [0.717, 1.165) is 5.56 Å². The zero-order chi connectivity index (χ0) is 9.97. The molecule has 0 bridgehead atoms. The molecule has 1 aromatic carbocycles. The summed E-state index contributed by atoms with van der Waals surface area (Å²) < 4.78 is 1.17. The van der Waals surface area contributed by atoms with E-state index in [0.29, 0.717) is 5.56 Å². The van der Waals surface area contributed by atoms with Gasteiger partial charge in [-0.3, -0.25) is 4.79 Å². The first-order valence-corrected chi connectivity index (χ1v) is 5.29. The van der Waals surface area contributed by atoms with E-state index in [-0.39, 0.29) is 5.56 Å². The van der Waals surface area contributed by atoms with E-state index in [2.05, 4.69) is 27.6 Å². The van der Waals surface area contributed by atoms with Crippen molar-refractivity contribution in [2.75, 3.05) is 0 Å². The first kappa shape index (κ1) is 9.45. The number of aromatic nitrogens is 1. The highest BCUT2D eigenvalue weighted by Gasteiger charge is 2.00. The number of halogens is 1. The molecular formula is C11H8INO. The molecule has 0 atom stereocenters. The van der Waals surface area contributed by atoms with Crippen LogP contribution in [0.5, 0.6) is 0 Å². The summed E-state index contributed by atoms with van der Waals surface area (Å²) in [5.74, 6) is 0. The number of aromatic amines is 1. The highest BCUT2D eigenvalue weighted by atomic mass is 127. The topological polar surface area (TPSA) is 32.9 Å². The monoisotopic (exact) mass is 297 g/mol. The summed E-state index contributed by atoms with van der Waals surface area (Å²) in [7, 11) is 0. The zero-order valence-corrected chi connectivity index (χ0v) is 9.49. The van der Waals surface area contributed by atoms with Gasteiger partial charge in [-0.25, -0.2) is 0 Å². The second kappa shape index (κ2) is 3.96. The van der Waals surface area contributed by atoms with Gasteiger partial charge in [0.1, 0.15) is 0 Å². The van der Waals surface area contributed by atoms with Crippen LogP contribution in [0.2, 0.25) is 0 Å². The molecule has 0 unspecified atom stereocenters. The van der Waals surface area contributed by atoms with E-state index in [9.17, 15) is 4.79 Å². The van der Waals surface area contributed by atoms with Gasteiger partial charge in [0, 0.05) is 15.3 Å². The molecule has 2 nitrogen and oxygen atoms in total. The molecular weight excluding hydrogens is 289 g/mol. The number of H-pyrrole nitrogens is 1. The minimum absolute atomic E-state index is 0.0475. The lowest BCUT2D eigenvalue weighted by atomic mass is 10.1. The molecule has 1 heterocycles. The molecule has 1 N–H and O–H groups in total. The van der Waals surface area contributed by atoms with E-state index in [1.807, 2.05) is 36.4 Å². The SMILES string of the molecule is O=c1[nH]cccc1-c1ccc(I)cc1. The zero-order valence-electron chi connectivity index (χ0n) is 7.33. The number of rotatable bonds is 1. The van der Waals surface area contributed by atoms with Gasteiger partial charge in [0.2, 0.25) is 0 Å². The van der Waals surface area contributed by atoms with Crippen molar-refractivity contribution in [1.82, 2.24) is 4.98 Å². The second-order valence-electron chi connectivity index (χ2n) is 2.92. The largest absolute Gasteiger partial charge is 0.329 e. The smallest absolute Gasteiger partial charge is 0.255 e.